The van der Waals surface area contributed by atoms with Crippen molar-refractivity contribution in [2.75, 3.05) is 34.4 Å². The fraction of sp³-hybridized carbons (Fsp3) is 0.435. The van der Waals surface area contributed by atoms with Crippen LogP contribution in [-0.4, -0.2) is 45.2 Å². The van der Waals surface area contributed by atoms with Crippen molar-refractivity contribution in [3.63, 3.8) is 0 Å². The third-order valence-electron chi connectivity index (χ3n) is 5.49. The molecular weight excluding hydrogens is 368 g/mol. The van der Waals surface area contributed by atoms with Gasteiger partial charge in [0.25, 0.3) is 0 Å². The van der Waals surface area contributed by atoms with Crippen molar-refractivity contribution in [1.29, 1.82) is 0 Å². The zero-order chi connectivity index (χ0) is 20.8. The quantitative estimate of drug-likeness (QED) is 0.734. The van der Waals surface area contributed by atoms with Crippen LogP contribution in [0.3, 0.4) is 0 Å². The van der Waals surface area contributed by atoms with Gasteiger partial charge in [0.2, 0.25) is 5.91 Å². The average molecular weight is 399 g/mol. The number of hydrogen-bond donors (Lipinski definition) is 1. The summed E-state index contributed by atoms with van der Waals surface area (Å²) in [7, 11) is 4.92. The number of benzene rings is 2. The molecule has 1 aliphatic heterocycles. The van der Waals surface area contributed by atoms with E-state index in [0.717, 1.165) is 42.2 Å². The Morgan fingerprint density at radius 1 is 1.07 bits per heavy atom. The summed E-state index contributed by atoms with van der Waals surface area (Å²) in [5.41, 5.74) is 2.12. The molecule has 1 saturated heterocycles. The normalized spacial score (nSPS) is 17.6. The lowest BCUT2D eigenvalue weighted by Gasteiger charge is -2.25. The van der Waals surface area contributed by atoms with E-state index in [4.69, 9.17) is 14.2 Å². The highest BCUT2D eigenvalue weighted by Crippen LogP contribution is 2.33. The monoisotopic (exact) mass is 398 g/mol. The molecule has 2 aromatic rings. The van der Waals surface area contributed by atoms with Crippen molar-refractivity contribution >= 4 is 5.91 Å². The minimum atomic E-state index is -0.186. The molecule has 2 unspecified atom stereocenters. The van der Waals surface area contributed by atoms with Crippen molar-refractivity contribution in [2.24, 2.45) is 0 Å². The number of rotatable bonds is 8. The maximum atomic E-state index is 12.8. The summed E-state index contributed by atoms with van der Waals surface area (Å²) < 4.78 is 16.0. The molecule has 0 aromatic heterocycles. The van der Waals surface area contributed by atoms with Crippen LogP contribution in [0.25, 0.3) is 0 Å². The number of hydrogen-bond acceptors (Lipinski definition) is 5. The summed E-state index contributed by atoms with van der Waals surface area (Å²) in [6.07, 6.45) is 2.14. The van der Waals surface area contributed by atoms with Crippen LogP contribution in [0.4, 0.5) is 0 Å². The highest BCUT2D eigenvalue weighted by atomic mass is 16.5. The zero-order valence-corrected chi connectivity index (χ0v) is 17.6. The topological polar surface area (TPSA) is 60.0 Å². The van der Waals surface area contributed by atoms with Crippen LogP contribution >= 0.6 is 0 Å². The summed E-state index contributed by atoms with van der Waals surface area (Å²) in [6, 6.07) is 13.8. The second kappa shape index (κ2) is 9.65. The SMILES string of the molecule is COc1ccc(C2CCCN2CC(=O)NC(C)c2cc(OC)ccc2OC)cc1. The third-order valence-corrected chi connectivity index (χ3v) is 5.49. The van der Waals surface area contributed by atoms with Gasteiger partial charge in [-0.1, -0.05) is 12.1 Å². The van der Waals surface area contributed by atoms with Gasteiger partial charge in [0.15, 0.2) is 0 Å². The summed E-state index contributed by atoms with van der Waals surface area (Å²) in [5.74, 6) is 2.32. The lowest BCUT2D eigenvalue weighted by molar-refractivity contribution is -0.123. The molecule has 29 heavy (non-hydrogen) atoms. The van der Waals surface area contributed by atoms with E-state index in [1.807, 2.05) is 37.3 Å². The standard InChI is InChI=1S/C23H30N2O4/c1-16(20-14-19(28-3)11-12-22(20)29-4)24-23(26)15-25-13-5-6-21(25)17-7-9-18(27-2)10-8-17/h7-12,14,16,21H,5-6,13,15H2,1-4H3,(H,24,26). The minimum Gasteiger partial charge on any atom is -0.497 e. The Bertz CT molecular complexity index is 822. The Labute approximate surface area is 172 Å². The Morgan fingerprint density at radius 2 is 1.76 bits per heavy atom. The van der Waals surface area contributed by atoms with Crippen LogP contribution in [0.1, 0.15) is 43.0 Å². The molecule has 3 rings (SSSR count). The van der Waals surface area contributed by atoms with Gasteiger partial charge < -0.3 is 19.5 Å². The van der Waals surface area contributed by atoms with Gasteiger partial charge in [0.05, 0.1) is 33.9 Å². The predicted octanol–water partition coefficient (Wildman–Crippen LogP) is 3.73. The first-order valence-corrected chi connectivity index (χ1v) is 9.95. The molecule has 6 heteroatoms. The van der Waals surface area contributed by atoms with E-state index >= 15 is 0 Å². The largest absolute Gasteiger partial charge is 0.497 e. The van der Waals surface area contributed by atoms with Gasteiger partial charge in [-0.2, -0.15) is 0 Å². The van der Waals surface area contributed by atoms with Gasteiger partial charge in [-0.3, -0.25) is 9.69 Å². The number of nitrogens with zero attached hydrogens (tertiary/aromatic N) is 1. The number of nitrogens with one attached hydrogen (secondary N) is 1. The molecule has 1 fully saturated rings. The smallest absolute Gasteiger partial charge is 0.234 e. The highest BCUT2D eigenvalue weighted by molar-refractivity contribution is 5.78. The van der Waals surface area contributed by atoms with Gasteiger partial charge in [0.1, 0.15) is 17.2 Å². The van der Waals surface area contributed by atoms with E-state index in [1.165, 1.54) is 5.56 Å². The molecule has 0 saturated carbocycles. The second-order valence-electron chi connectivity index (χ2n) is 7.30. The molecule has 1 heterocycles. The van der Waals surface area contributed by atoms with Gasteiger partial charge in [-0.25, -0.2) is 0 Å². The van der Waals surface area contributed by atoms with Crippen LogP contribution < -0.4 is 19.5 Å². The van der Waals surface area contributed by atoms with Gasteiger partial charge in [-0.15, -0.1) is 0 Å². The highest BCUT2D eigenvalue weighted by Gasteiger charge is 2.28. The number of carbonyl (C=O) groups excluding carboxylic acids is 1. The minimum absolute atomic E-state index is 0.00258. The number of amides is 1. The average Bonchev–Trinajstić information content (AvgIpc) is 3.21. The van der Waals surface area contributed by atoms with Crippen molar-refractivity contribution in [3.05, 3.63) is 53.6 Å². The van der Waals surface area contributed by atoms with E-state index in [-0.39, 0.29) is 18.0 Å². The number of carbonyl (C=O) groups is 1. The first-order chi connectivity index (χ1) is 14.0. The van der Waals surface area contributed by atoms with Crippen molar-refractivity contribution in [1.82, 2.24) is 10.2 Å². The van der Waals surface area contributed by atoms with Crippen LogP contribution in [-0.2, 0) is 4.79 Å². The molecule has 0 aliphatic carbocycles. The fourth-order valence-electron chi connectivity index (χ4n) is 3.95. The van der Waals surface area contributed by atoms with E-state index in [0.29, 0.717) is 6.54 Å². The maximum Gasteiger partial charge on any atom is 0.234 e. The van der Waals surface area contributed by atoms with Crippen LogP contribution in [0.15, 0.2) is 42.5 Å². The number of ether oxygens (including phenoxy) is 3. The summed E-state index contributed by atoms with van der Waals surface area (Å²) >= 11 is 0. The fourth-order valence-corrected chi connectivity index (χ4v) is 3.95. The molecular formula is C23H30N2O4. The van der Waals surface area contributed by atoms with E-state index in [2.05, 4.69) is 22.3 Å². The molecule has 6 nitrogen and oxygen atoms in total. The second-order valence-corrected chi connectivity index (χ2v) is 7.30. The molecule has 0 bridgehead atoms. The summed E-state index contributed by atoms with van der Waals surface area (Å²) in [5, 5.41) is 3.10. The summed E-state index contributed by atoms with van der Waals surface area (Å²) in [6.45, 7) is 3.24. The molecule has 0 radical (unpaired) electrons. The molecule has 0 spiro atoms. The predicted molar refractivity (Wildman–Crippen MR) is 113 cm³/mol. The zero-order valence-electron chi connectivity index (χ0n) is 17.6. The maximum absolute atomic E-state index is 12.8. The lowest BCUT2D eigenvalue weighted by Crippen LogP contribution is -2.38. The van der Waals surface area contributed by atoms with Crippen LogP contribution in [0.5, 0.6) is 17.2 Å². The van der Waals surface area contributed by atoms with Crippen LogP contribution in [0.2, 0.25) is 0 Å². The Balaban J connectivity index is 1.65. The Hall–Kier alpha value is -2.73. The van der Waals surface area contributed by atoms with Crippen molar-refractivity contribution in [3.8, 4) is 17.2 Å². The Kier molecular flexibility index (Phi) is 6.99. The van der Waals surface area contributed by atoms with E-state index in [9.17, 15) is 4.79 Å². The van der Waals surface area contributed by atoms with Gasteiger partial charge in [0, 0.05) is 11.6 Å². The Morgan fingerprint density at radius 3 is 2.41 bits per heavy atom. The van der Waals surface area contributed by atoms with Gasteiger partial charge >= 0.3 is 0 Å². The molecule has 156 valence electrons. The van der Waals surface area contributed by atoms with Crippen molar-refractivity contribution < 1.29 is 19.0 Å². The first kappa shape index (κ1) is 21.0. The van der Waals surface area contributed by atoms with Crippen LogP contribution in [0, 0.1) is 0 Å². The van der Waals surface area contributed by atoms with Gasteiger partial charge in [-0.05, 0) is 62.2 Å². The molecule has 1 amide bonds. The van der Waals surface area contributed by atoms with E-state index < -0.39 is 0 Å². The lowest BCUT2D eigenvalue weighted by atomic mass is 10.0. The number of methoxy groups -OCH3 is 3. The summed E-state index contributed by atoms with van der Waals surface area (Å²) in [4.78, 5) is 15.0. The third kappa shape index (κ3) is 5.01. The first-order valence-electron chi connectivity index (χ1n) is 9.95. The van der Waals surface area contributed by atoms with Crippen molar-refractivity contribution in [2.45, 2.75) is 31.8 Å². The number of likely N-dealkylation sites (tertiary alicyclic amines) is 1. The molecule has 2 atom stereocenters. The molecule has 1 aliphatic rings. The van der Waals surface area contributed by atoms with E-state index in [1.54, 1.807) is 21.3 Å². The molecule has 1 N–H and O–H groups in total. The molecule has 2 aromatic carbocycles.